The Morgan fingerprint density at radius 2 is 1.74 bits per heavy atom. The minimum atomic E-state index is -0.109. The van der Waals surface area contributed by atoms with E-state index >= 15 is 0 Å². The summed E-state index contributed by atoms with van der Waals surface area (Å²) in [6.45, 7) is 2.55. The van der Waals surface area contributed by atoms with Crippen molar-refractivity contribution in [2.24, 2.45) is 5.10 Å². The van der Waals surface area contributed by atoms with Crippen molar-refractivity contribution in [3.63, 3.8) is 0 Å². The fourth-order valence-electron chi connectivity index (χ4n) is 2.86. The number of para-hydroxylation sites is 1. The summed E-state index contributed by atoms with van der Waals surface area (Å²) >= 11 is 3.21. The number of morpholine rings is 1. The molecular formula is C20H20BrN7O3. The molecule has 160 valence electrons. The lowest BCUT2D eigenvalue weighted by Gasteiger charge is -2.27. The first-order valence-electron chi connectivity index (χ1n) is 9.50. The molecule has 0 atom stereocenters. The predicted octanol–water partition coefficient (Wildman–Crippen LogP) is 3.07. The van der Waals surface area contributed by atoms with Gasteiger partial charge >= 0.3 is 0 Å². The molecule has 11 heteroatoms. The van der Waals surface area contributed by atoms with E-state index in [9.17, 15) is 10.2 Å². The third-order valence-corrected chi connectivity index (χ3v) is 5.05. The highest BCUT2D eigenvalue weighted by atomic mass is 79.9. The fraction of sp³-hybridized carbons (Fsp3) is 0.200. The second-order valence-corrected chi connectivity index (χ2v) is 7.46. The number of nitrogens with one attached hydrogen (secondary N) is 2. The van der Waals surface area contributed by atoms with Crippen LogP contribution in [0.4, 0.5) is 23.5 Å². The van der Waals surface area contributed by atoms with Crippen molar-refractivity contribution < 1.29 is 14.9 Å². The molecule has 10 nitrogen and oxygen atoms in total. The Balaban J connectivity index is 1.58. The molecule has 1 aliphatic heterocycles. The highest BCUT2D eigenvalue weighted by molar-refractivity contribution is 9.10. The van der Waals surface area contributed by atoms with E-state index < -0.39 is 0 Å². The van der Waals surface area contributed by atoms with Gasteiger partial charge in [-0.3, -0.25) is 0 Å². The summed E-state index contributed by atoms with van der Waals surface area (Å²) in [5, 5.41) is 26.9. The number of halogens is 1. The van der Waals surface area contributed by atoms with E-state index in [0.717, 1.165) is 5.69 Å². The van der Waals surface area contributed by atoms with Gasteiger partial charge in [-0.05, 0) is 34.1 Å². The highest BCUT2D eigenvalue weighted by Gasteiger charge is 2.16. The number of phenols is 2. The largest absolute Gasteiger partial charge is 0.507 e. The molecule has 0 radical (unpaired) electrons. The average molecular weight is 486 g/mol. The van der Waals surface area contributed by atoms with Gasteiger partial charge in [0.2, 0.25) is 17.8 Å². The molecule has 4 N–H and O–H groups in total. The van der Waals surface area contributed by atoms with Crippen LogP contribution in [0.1, 0.15) is 5.56 Å². The molecular weight excluding hydrogens is 466 g/mol. The van der Waals surface area contributed by atoms with Crippen LogP contribution in [0.2, 0.25) is 0 Å². The number of aromatic nitrogens is 3. The van der Waals surface area contributed by atoms with Gasteiger partial charge in [0.15, 0.2) is 0 Å². The van der Waals surface area contributed by atoms with Crippen LogP contribution in [0.3, 0.4) is 0 Å². The smallest absolute Gasteiger partial charge is 0.250 e. The summed E-state index contributed by atoms with van der Waals surface area (Å²) < 4.78 is 5.85. The number of hydrogen-bond acceptors (Lipinski definition) is 10. The number of hydrogen-bond donors (Lipinski definition) is 4. The molecule has 2 aromatic carbocycles. The lowest BCUT2D eigenvalue weighted by atomic mass is 10.2. The maximum absolute atomic E-state index is 9.97. The molecule has 2 heterocycles. The van der Waals surface area contributed by atoms with Crippen LogP contribution in [0.15, 0.2) is 52.0 Å². The number of nitrogens with zero attached hydrogens (tertiary/aromatic N) is 5. The Morgan fingerprint density at radius 3 is 2.52 bits per heavy atom. The number of rotatable bonds is 6. The molecule has 31 heavy (non-hydrogen) atoms. The van der Waals surface area contributed by atoms with Crippen molar-refractivity contribution in [1.82, 2.24) is 15.0 Å². The number of anilines is 4. The van der Waals surface area contributed by atoms with Crippen molar-refractivity contribution in [3.8, 4) is 11.5 Å². The average Bonchev–Trinajstić information content (AvgIpc) is 2.78. The second-order valence-electron chi connectivity index (χ2n) is 6.61. The second kappa shape index (κ2) is 9.58. The van der Waals surface area contributed by atoms with Gasteiger partial charge in [-0.1, -0.05) is 18.2 Å². The van der Waals surface area contributed by atoms with E-state index in [1.54, 1.807) is 6.07 Å². The van der Waals surface area contributed by atoms with E-state index in [-0.39, 0.29) is 17.4 Å². The van der Waals surface area contributed by atoms with Crippen LogP contribution in [-0.2, 0) is 4.74 Å². The lowest BCUT2D eigenvalue weighted by Crippen LogP contribution is -2.37. The first-order valence-corrected chi connectivity index (χ1v) is 10.3. The van der Waals surface area contributed by atoms with Gasteiger partial charge < -0.3 is 25.2 Å². The normalized spacial score (nSPS) is 14.0. The van der Waals surface area contributed by atoms with Crippen molar-refractivity contribution in [1.29, 1.82) is 0 Å². The summed E-state index contributed by atoms with van der Waals surface area (Å²) in [5.41, 5.74) is 4.03. The van der Waals surface area contributed by atoms with Crippen LogP contribution in [-0.4, -0.2) is 57.7 Å². The summed E-state index contributed by atoms with van der Waals surface area (Å²) in [7, 11) is 0. The van der Waals surface area contributed by atoms with Gasteiger partial charge in [0, 0.05) is 30.4 Å². The third-order valence-electron chi connectivity index (χ3n) is 4.41. The van der Waals surface area contributed by atoms with Crippen LogP contribution in [0, 0.1) is 0 Å². The van der Waals surface area contributed by atoms with Crippen molar-refractivity contribution in [2.45, 2.75) is 0 Å². The fourth-order valence-corrected chi connectivity index (χ4v) is 3.22. The number of phenolic OH excluding ortho intramolecular Hbond substituents is 2. The Hall–Kier alpha value is -3.44. The molecule has 0 unspecified atom stereocenters. The van der Waals surface area contributed by atoms with Gasteiger partial charge in [-0.2, -0.15) is 20.1 Å². The number of hydrazone groups is 1. The number of ether oxygens (including phenoxy) is 1. The maximum Gasteiger partial charge on any atom is 0.250 e. The zero-order valence-corrected chi connectivity index (χ0v) is 17.9. The first-order chi connectivity index (χ1) is 15.1. The molecule has 0 amide bonds. The van der Waals surface area contributed by atoms with Crippen molar-refractivity contribution in [3.05, 3.63) is 52.5 Å². The molecule has 0 saturated carbocycles. The minimum Gasteiger partial charge on any atom is -0.507 e. The zero-order valence-electron chi connectivity index (χ0n) is 16.4. The maximum atomic E-state index is 9.97. The monoisotopic (exact) mass is 485 g/mol. The van der Waals surface area contributed by atoms with Gasteiger partial charge in [-0.15, -0.1) is 0 Å². The SMILES string of the molecule is Oc1cc(O)c(/C=N/Nc2nc(Nc3ccccc3)nc(N3CCOCC3)n2)cc1Br. The summed E-state index contributed by atoms with van der Waals surface area (Å²) in [5.74, 6) is 0.943. The Bertz CT molecular complexity index is 1080. The van der Waals surface area contributed by atoms with Gasteiger partial charge in [0.1, 0.15) is 11.5 Å². The molecule has 4 rings (SSSR count). The summed E-state index contributed by atoms with van der Waals surface area (Å²) in [4.78, 5) is 15.4. The topological polar surface area (TPSA) is 128 Å². The van der Waals surface area contributed by atoms with E-state index in [1.807, 2.05) is 35.2 Å². The van der Waals surface area contributed by atoms with Crippen LogP contribution < -0.4 is 15.6 Å². The standard InChI is InChI=1S/C20H20BrN7O3/c21-15-10-13(16(29)11-17(15)30)12-22-27-19-24-18(23-14-4-2-1-3-5-14)25-20(26-19)28-6-8-31-9-7-28/h1-5,10-12,29-30H,6-9H2,(H2,23,24,25,26,27)/b22-12+. The Morgan fingerprint density at radius 1 is 1.00 bits per heavy atom. The molecule has 1 saturated heterocycles. The van der Waals surface area contributed by atoms with E-state index in [0.29, 0.717) is 48.2 Å². The molecule has 0 spiro atoms. The number of benzene rings is 2. The lowest BCUT2D eigenvalue weighted by molar-refractivity contribution is 0.122. The van der Waals surface area contributed by atoms with Gasteiger partial charge in [0.25, 0.3) is 0 Å². The third kappa shape index (κ3) is 5.38. The van der Waals surface area contributed by atoms with E-state index in [2.05, 4.69) is 46.7 Å². The predicted molar refractivity (Wildman–Crippen MR) is 121 cm³/mol. The molecule has 1 fully saturated rings. The molecule has 1 aromatic heterocycles. The number of aromatic hydroxyl groups is 2. The zero-order chi connectivity index (χ0) is 21.6. The summed E-state index contributed by atoms with van der Waals surface area (Å²) in [6.07, 6.45) is 1.40. The van der Waals surface area contributed by atoms with E-state index in [4.69, 9.17) is 4.74 Å². The van der Waals surface area contributed by atoms with Crippen LogP contribution in [0.5, 0.6) is 11.5 Å². The molecule has 1 aliphatic rings. The minimum absolute atomic E-state index is 0.0631. The van der Waals surface area contributed by atoms with E-state index in [1.165, 1.54) is 12.3 Å². The molecule has 3 aromatic rings. The summed E-state index contributed by atoms with van der Waals surface area (Å²) in [6, 6.07) is 12.4. The van der Waals surface area contributed by atoms with Crippen molar-refractivity contribution >= 4 is 45.7 Å². The molecule has 0 aliphatic carbocycles. The van der Waals surface area contributed by atoms with Crippen molar-refractivity contribution in [2.75, 3.05) is 41.9 Å². The Kier molecular flexibility index (Phi) is 6.43. The van der Waals surface area contributed by atoms with Gasteiger partial charge in [-0.25, -0.2) is 5.43 Å². The molecule has 0 bridgehead atoms. The highest BCUT2D eigenvalue weighted by Crippen LogP contribution is 2.30. The van der Waals surface area contributed by atoms with Crippen LogP contribution >= 0.6 is 15.9 Å². The van der Waals surface area contributed by atoms with Gasteiger partial charge in [0.05, 0.1) is 23.9 Å². The Labute approximate surface area is 186 Å². The van der Waals surface area contributed by atoms with Crippen LogP contribution in [0.25, 0.3) is 0 Å². The quantitative estimate of drug-likeness (QED) is 0.307. The first kappa shape index (κ1) is 20.8.